The maximum atomic E-state index is 14.3. The number of hydrogen-bond acceptors (Lipinski definition) is 6. The Balaban J connectivity index is 1.55. The van der Waals surface area contributed by atoms with E-state index in [2.05, 4.69) is 55.1 Å². The topological polar surface area (TPSA) is 97.7 Å². The molecule has 3 heterocycles. The van der Waals surface area contributed by atoms with Crippen LogP contribution < -0.4 is 20.9 Å². The Hall–Kier alpha value is -4.21. The quantitative estimate of drug-likeness (QED) is 0.170. The Bertz CT molecular complexity index is 1680. The molecule has 2 aromatic carbocycles. The molecule has 1 saturated heterocycles. The third-order valence-corrected chi connectivity index (χ3v) is 8.51. The number of nitrogens with zero attached hydrogens (tertiary/aromatic N) is 3. The lowest BCUT2D eigenvalue weighted by atomic mass is 9.93. The average molecular weight is 626 g/mol. The van der Waals surface area contributed by atoms with E-state index in [1.165, 1.54) is 0 Å². The number of hydrogen-bond donors (Lipinski definition) is 2. The van der Waals surface area contributed by atoms with Crippen molar-refractivity contribution < 1.29 is 14.3 Å². The molecule has 2 aromatic heterocycles. The van der Waals surface area contributed by atoms with Crippen molar-refractivity contribution in [3.63, 3.8) is 0 Å². The molecule has 1 aliphatic rings. The second-order valence-electron chi connectivity index (χ2n) is 12.5. The molecule has 1 aliphatic heterocycles. The molecule has 2 amide bonds. The highest BCUT2D eigenvalue weighted by atomic mass is 16.5. The Morgan fingerprint density at radius 3 is 2.33 bits per heavy atom. The van der Waals surface area contributed by atoms with Gasteiger partial charge in [0.15, 0.2) is 0 Å². The molecule has 0 saturated carbocycles. The standard InChI is InChI=1S/C37H47N5O4/c1-6-7-17-42-35-31(15-10-16-38-35)32(27-11-8-12-28(24-27)46-23-20-41-18-21-45-22-19-41)34(36(42)43)40-37(44)39-33-29(25(2)3)13-9-14-30(33)26(4)5/h8-16,24-26H,6-7,17-23H2,1-5H3,(H2,39,40,44). The minimum atomic E-state index is -0.462. The first-order valence-electron chi connectivity index (χ1n) is 16.5. The van der Waals surface area contributed by atoms with Crippen LogP contribution in [0.3, 0.4) is 0 Å². The van der Waals surface area contributed by atoms with Gasteiger partial charge < -0.3 is 20.1 Å². The SMILES string of the molecule is CCCCn1c(=O)c(NC(=O)Nc2c(C(C)C)cccc2C(C)C)c(-c2cccc(OCCN3CCOCC3)c2)c2cccnc21. The van der Waals surface area contributed by atoms with Gasteiger partial charge in [-0.05, 0) is 59.2 Å². The van der Waals surface area contributed by atoms with Crippen LogP contribution in [0.1, 0.15) is 70.4 Å². The molecule has 0 bridgehead atoms. The fraction of sp³-hybridized carbons (Fsp3) is 0.432. The van der Waals surface area contributed by atoms with E-state index in [-0.39, 0.29) is 23.1 Å². The van der Waals surface area contributed by atoms with Crippen molar-refractivity contribution in [3.8, 4) is 16.9 Å². The molecule has 0 radical (unpaired) electrons. The van der Waals surface area contributed by atoms with Gasteiger partial charge in [0.2, 0.25) is 0 Å². The van der Waals surface area contributed by atoms with Crippen LogP contribution in [0.25, 0.3) is 22.2 Å². The fourth-order valence-corrected chi connectivity index (χ4v) is 6.03. The molecule has 2 N–H and O–H groups in total. The largest absolute Gasteiger partial charge is 0.492 e. The van der Waals surface area contributed by atoms with Gasteiger partial charge in [-0.15, -0.1) is 0 Å². The summed E-state index contributed by atoms with van der Waals surface area (Å²) < 4.78 is 13.3. The summed E-state index contributed by atoms with van der Waals surface area (Å²) >= 11 is 0. The third kappa shape index (κ3) is 7.59. The van der Waals surface area contributed by atoms with Crippen LogP contribution in [0, 0.1) is 0 Å². The summed E-state index contributed by atoms with van der Waals surface area (Å²) in [5, 5.41) is 6.91. The lowest BCUT2D eigenvalue weighted by Gasteiger charge is -2.26. The van der Waals surface area contributed by atoms with Gasteiger partial charge >= 0.3 is 6.03 Å². The van der Waals surface area contributed by atoms with Gasteiger partial charge in [0.25, 0.3) is 5.56 Å². The van der Waals surface area contributed by atoms with Crippen molar-refractivity contribution >= 4 is 28.4 Å². The molecule has 0 aliphatic carbocycles. The highest BCUT2D eigenvalue weighted by molar-refractivity contribution is 6.07. The van der Waals surface area contributed by atoms with Crippen LogP contribution in [-0.2, 0) is 11.3 Å². The first-order chi connectivity index (χ1) is 22.3. The van der Waals surface area contributed by atoms with Gasteiger partial charge in [-0.25, -0.2) is 9.78 Å². The first-order valence-corrected chi connectivity index (χ1v) is 16.5. The third-order valence-electron chi connectivity index (χ3n) is 8.51. The summed E-state index contributed by atoms with van der Waals surface area (Å²) in [6.45, 7) is 15.6. The number of unbranched alkanes of at least 4 members (excludes halogenated alkanes) is 1. The molecule has 9 nitrogen and oxygen atoms in total. The normalized spacial score (nSPS) is 13.8. The maximum absolute atomic E-state index is 14.3. The Kier molecular flexibility index (Phi) is 11.1. The number of nitrogens with one attached hydrogen (secondary N) is 2. The molecule has 0 spiro atoms. The zero-order valence-corrected chi connectivity index (χ0v) is 27.8. The highest BCUT2D eigenvalue weighted by Gasteiger charge is 2.23. The Morgan fingerprint density at radius 2 is 1.63 bits per heavy atom. The van der Waals surface area contributed by atoms with Gasteiger partial charge in [0.1, 0.15) is 23.7 Å². The summed E-state index contributed by atoms with van der Waals surface area (Å²) in [6, 6.07) is 17.2. The van der Waals surface area contributed by atoms with Gasteiger partial charge in [-0.1, -0.05) is 71.4 Å². The van der Waals surface area contributed by atoms with Crippen molar-refractivity contribution in [3.05, 3.63) is 82.3 Å². The predicted molar refractivity (Wildman–Crippen MR) is 186 cm³/mol. The first kappa shape index (κ1) is 33.2. The number of rotatable bonds is 12. The number of carbonyl (C=O) groups is 1. The van der Waals surface area contributed by atoms with Crippen LogP contribution >= 0.6 is 0 Å². The second kappa shape index (κ2) is 15.4. The predicted octanol–water partition coefficient (Wildman–Crippen LogP) is 7.47. The van der Waals surface area contributed by atoms with Crippen molar-refractivity contribution in [2.45, 2.75) is 65.8 Å². The number of aromatic nitrogens is 2. The van der Waals surface area contributed by atoms with Gasteiger partial charge in [0, 0.05) is 49.0 Å². The summed E-state index contributed by atoms with van der Waals surface area (Å²) in [5.74, 6) is 1.10. The van der Waals surface area contributed by atoms with Crippen LogP contribution in [0.15, 0.2) is 65.6 Å². The summed E-state index contributed by atoms with van der Waals surface area (Å²) in [4.78, 5) is 35.1. The molecule has 0 atom stereocenters. The zero-order chi connectivity index (χ0) is 32.6. The number of amides is 2. The number of fused-ring (bicyclic) bond motifs is 1. The summed E-state index contributed by atoms with van der Waals surface area (Å²) in [6.07, 6.45) is 3.43. The van der Waals surface area contributed by atoms with Crippen LogP contribution in [0.5, 0.6) is 5.75 Å². The number of morpholine rings is 1. The van der Waals surface area contributed by atoms with Crippen LogP contribution in [-0.4, -0.2) is 59.9 Å². The lowest BCUT2D eigenvalue weighted by Crippen LogP contribution is -2.38. The van der Waals surface area contributed by atoms with E-state index in [0.29, 0.717) is 30.1 Å². The highest BCUT2D eigenvalue weighted by Crippen LogP contribution is 2.36. The average Bonchev–Trinajstić information content (AvgIpc) is 3.05. The number of benzene rings is 2. The van der Waals surface area contributed by atoms with E-state index in [4.69, 9.17) is 9.47 Å². The lowest BCUT2D eigenvalue weighted by molar-refractivity contribution is 0.0322. The molecule has 46 heavy (non-hydrogen) atoms. The number of urea groups is 1. The number of para-hydroxylation sites is 1. The molecule has 9 heteroatoms. The van der Waals surface area contributed by atoms with E-state index < -0.39 is 6.03 Å². The van der Waals surface area contributed by atoms with Gasteiger partial charge in [-0.3, -0.25) is 14.3 Å². The molecule has 0 unspecified atom stereocenters. The summed E-state index contributed by atoms with van der Waals surface area (Å²) in [7, 11) is 0. The number of aryl methyl sites for hydroxylation is 1. The zero-order valence-electron chi connectivity index (χ0n) is 27.8. The van der Waals surface area contributed by atoms with E-state index in [1.807, 2.05) is 54.6 Å². The van der Waals surface area contributed by atoms with Gasteiger partial charge in [0.05, 0.1) is 13.2 Å². The van der Waals surface area contributed by atoms with Gasteiger partial charge in [-0.2, -0.15) is 0 Å². The van der Waals surface area contributed by atoms with Crippen molar-refractivity contribution in [2.75, 3.05) is 50.1 Å². The van der Waals surface area contributed by atoms with E-state index in [1.54, 1.807) is 10.8 Å². The van der Waals surface area contributed by atoms with Crippen LogP contribution in [0.2, 0.25) is 0 Å². The van der Waals surface area contributed by atoms with Crippen molar-refractivity contribution in [1.29, 1.82) is 0 Å². The number of pyridine rings is 2. The van der Waals surface area contributed by atoms with E-state index >= 15 is 0 Å². The number of ether oxygens (including phenoxy) is 2. The molecule has 1 fully saturated rings. The number of anilines is 2. The molecular weight excluding hydrogens is 578 g/mol. The molecule has 244 valence electrons. The Morgan fingerprint density at radius 1 is 0.935 bits per heavy atom. The summed E-state index contributed by atoms with van der Waals surface area (Å²) in [5.41, 5.74) is 4.79. The second-order valence-corrected chi connectivity index (χ2v) is 12.5. The molecule has 5 rings (SSSR count). The minimum absolute atomic E-state index is 0.202. The molecular formula is C37H47N5O4. The maximum Gasteiger partial charge on any atom is 0.323 e. The van der Waals surface area contributed by atoms with E-state index in [9.17, 15) is 9.59 Å². The van der Waals surface area contributed by atoms with Crippen molar-refractivity contribution in [2.24, 2.45) is 0 Å². The Labute approximate surface area is 271 Å². The fourth-order valence-electron chi connectivity index (χ4n) is 6.03. The van der Waals surface area contributed by atoms with Crippen molar-refractivity contribution in [1.82, 2.24) is 14.5 Å². The monoisotopic (exact) mass is 625 g/mol. The smallest absolute Gasteiger partial charge is 0.323 e. The molecule has 4 aromatic rings. The van der Waals surface area contributed by atoms with Crippen LogP contribution in [0.4, 0.5) is 16.2 Å². The van der Waals surface area contributed by atoms with E-state index in [0.717, 1.165) is 73.5 Å². The number of carbonyl (C=O) groups excluding carboxylic acids is 1. The minimum Gasteiger partial charge on any atom is -0.492 e.